The molecule has 20 heavy (non-hydrogen) atoms. The smallest absolute Gasteiger partial charge is 0.407 e. The fourth-order valence-corrected chi connectivity index (χ4v) is 2.24. The molecule has 1 rings (SSSR count). The van der Waals surface area contributed by atoms with Gasteiger partial charge in [0.2, 0.25) is 0 Å². The van der Waals surface area contributed by atoms with E-state index in [1.807, 2.05) is 0 Å². The second-order valence-corrected chi connectivity index (χ2v) is 6.07. The molecule has 1 saturated carbocycles. The molecule has 0 saturated heterocycles. The first-order chi connectivity index (χ1) is 9.21. The van der Waals surface area contributed by atoms with Crippen LogP contribution in [0.15, 0.2) is 0 Å². The Morgan fingerprint density at radius 2 is 1.85 bits per heavy atom. The van der Waals surface area contributed by atoms with Crippen molar-refractivity contribution in [2.45, 2.75) is 58.1 Å². The van der Waals surface area contributed by atoms with Gasteiger partial charge in [0.15, 0.2) is 0 Å². The van der Waals surface area contributed by atoms with Gasteiger partial charge in [0.1, 0.15) is 17.8 Å². The Morgan fingerprint density at radius 3 is 2.40 bits per heavy atom. The SMILES string of the molecule is COC(=O)CC(=O)C1CCC(NC(=O)OC(C)(C)C)C1. The Bertz CT molecular complexity index is 386. The molecule has 1 fully saturated rings. The van der Waals surface area contributed by atoms with Crippen LogP contribution in [0.2, 0.25) is 0 Å². The van der Waals surface area contributed by atoms with Crippen LogP contribution in [0.25, 0.3) is 0 Å². The molecule has 6 nitrogen and oxygen atoms in total. The van der Waals surface area contributed by atoms with Crippen LogP contribution < -0.4 is 5.32 Å². The minimum atomic E-state index is -0.539. The van der Waals surface area contributed by atoms with Crippen LogP contribution in [0.1, 0.15) is 46.5 Å². The number of rotatable bonds is 4. The van der Waals surface area contributed by atoms with Crippen LogP contribution in [0.4, 0.5) is 4.79 Å². The summed E-state index contributed by atoms with van der Waals surface area (Å²) in [6, 6.07) is -0.0727. The number of methoxy groups -OCH3 is 1. The maximum absolute atomic E-state index is 11.8. The van der Waals surface area contributed by atoms with Gasteiger partial charge >= 0.3 is 12.1 Å². The van der Waals surface area contributed by atoms with E-state index in [2.05, 4.69) is 10.1 Å². The normalized spacial score (nSPS) is 22.2. The van der Waals surface area contributed by atoms with Crippen LogP contribution in [-0.2, 0) is 19.1 Å². The number of ketones is 1. The number of carbonyl (C=O) groups is 3. The van der Waals surface area contributed by atoms with Crippen molar-refractivity contribution in [1.82, 2.24) is 5.32 Å². The summed E-state index contributed by atoms with van der Waals surface area (Å²) >= 11 is 0. The predicted molar refractivity (Wildman–Crippen MR) is 72.1 cm³/mol. The van der Waals surface area contributed by atoms with Gasteiger partial charge in [0.25, 0.3) is 0 Å². The third kappa shape index (κ3) is 5.59. The van der Waals surface area contributed by atoms with Crippen molar-refractivity contribution in [3.63, 3.8) is 0 Å². The summed E-state index contributed by atoms with van der Waals surface area (Å²) in [6.07, 6.45) is 1.28. The molecular formula is C14H23NO5. The highest BCUT2D eigenvalue weighted by atomic mass is 16.6. The second-order valence-electron chi connectivity index (χ2n) is 6.07. The van der Waals surface area contributed by atoms with Gasteiger partial charge in [-0.15, -0.1) is 0 Å². The van der Waals surface area contributed by atoms with Crippen molar-refractivity contribution in [1.29, 1.82) is 0 Å². The summed E-state index contributed by atoms with van der Waals surface area (Å²) in [6.45, 7) is 5.39. The number of hydrogen-bond acceptors (Lipinski definition) is 5. The Morgan fingerprint density at radius 1 is 1.20 bits per heavy atom. The second kappa shape index (κ2) is 6.72. The van der Waals surface area contributed by atoms with Crippen molar-refractivity contribution in [3.8, 4) is 0 Å². The van der Waals surface area contributed by atoms with Gasteiger partial charge in [-0.25, -0.2) is 4.79 Å². The first kappa shape index (κ1) is 16.5. The summed E-state index contributed by atoms with van der Waals surface area (Å²) in [5.41, 5.74) is -0.539. The van der Waals surface area contributed by atoms with E-state index >= 15 is 0 Å². The number of amides is 1. The number of carbonyl (C=O) groups excluding carboxylic acids is 3. The lowest BCUT2D eigenvalue weighted by Gasteiger charge is -2.21. The molecule has 0 aromatic rings. The summed E-state index contributed by atoms with van der Waals surface area (Å²) in [4.78, 5) is 34.5. The highest BCUT2D eigenvalue weighted by Crippen LogP contribution is 2.27. The minimum Gasteiger partial charge on any atom is -0.469 e. The third-order valence-electron chi connectivity index (χ3n) is 3.16. The molecule has 1 aliphatic carbocycles. The zero-order valence-corrected chi connectivity index (χ0v) is 12.5. The van der Waals surface area contributed by atoms with Crippen LogP contribution in [0, 0.1) is 5.92 Å². The molecule has 2 unspecified atom stereocenters. The van der Waals surface area contributed by atoms with Gasteiger partial charge in [-0.3, -0.25) is 9.59 Å². The lowest BCUT2D eigenvalue weighted by molar-refractivity contribution is -0.144. The average Bonchev–Trinajstić information content (AvgIpc) is 2.74. The van der Waals surface area contributed by atoms with E-state index in [0.717, 1.165) is 6.42 Å². The number of esters is 1. The standard InChI is InChI=1S/C14H23NO5/c1-14(2,3)20-13(18)15-10-6-5-9(7-10)11(16)8-12(17)19-4/h9-10H,5-8H2,1-4H3,(H,15,18). The monoisotopic (exact) mass is 285 g/mol. The van der Waals surface area contributed by atoms with Crippen molar-refractivity contribution >= 4 is 17.8 Å². The molecule has 1 amide bonds. The van der Waals surface area contributed by atoms with Gasteiger partial charge < -0.3 is 14.8 Å². The van der Waals surface area contributed by atoms with Crippen LogP contribution >= 0.6 is 0 Å². The molecule has 0 bridgehead atoms. The van der Waals surface area contributed by atoms with Crippen LogP contribution in [0.5, 0.6) is 0 Å². The number of hydrogen-bond donors (Lipinski definition) is 1. The van der Waals surface area contributed by atoms with Crippen molar-refractivity contribution in [3.05, 3.63) is 0 Å². The molecular weight excluding hydrogens is 262 g/mol. The Hall–Kier alpha value is -1.59. The van der Waals surface area contributed by atoms with Crippen LogP contribution in [-0.4, -0.2) is 36.6 Å². The summed E-state index contributed by atoms with van der Waals surface area (Å²) in [5.74, 6) is -0.821. The van der Waals surface area contributed by atoms with Crippen LogP contribution in [0.3, 0.4) is 0 Å². The van der Waals surface area contributed by atoms with E-state index in [4.69, 9.17) is 4.74 Å². The molecule has 1 aliphatic rings. The Balaban J connectivity index is 2.38. The lowest BCUT2D eigenvalue weighted by Crippen LogP contribution is -2.38. The molecule has 1 N–H and O–H groups in total. The number of nitrogens with one attached hydrogen (secondary N) is 1. The zero-order valence-electron chi connectivity index (χ0n) is 12.5. The number of ether oxygens (including phenoxy) is 2. The number of alkyl carbamates (subject to hydrolysis) is 1. The molecule has 0 radical (unpaired) electrons. The third-order valence-corrected chi connectivity index (χ3v) is 3.16. The molecule has 0 spiro atoms. The van der Waals surface area contributed by atoms with Gasteiger partial charge in [-0.1, -0.05) is 0 Å². The average molecular weight is 285 g/mol. The highest BCUT2D eigenvalue weighted by molar-refractivity contribution is 5.96. The van der Waals surface area contributed by atoms with Crippen molar-refractivity contribution in [2.75, 3.05) is 7.11 Å². The van der Waals surface area contributed by atoms with E-state index in [1.54, 1.807) is 20.8 Å². The van der Waals surface area contributed by atoms with E-state index in [-0.39, 0.29) is 24.2 Å². The van der Waals surface area contributed by atoms with E-state index < -0.39 is 17.7 Å². The first-order valence-electron chi connectivity index (χ1n) is 6.80. The lowest BCUT2D eigenvalue weighted by atomic mass is 10.00. The molecule has 114 valence electrons. The van der Waals surface area contributed by atoms with E-state index in [9.17, 15) is 14.4 Å². The fraction of sp³-hybridized carbons (Fsp3) is 0.786. The highest BCUT2D eigenvalue weighted by Gasteiger charge is 2.32. The molecule has 6 heteroatoms. The predicted octanol–water partition coefficient (Wildman–Crippen LogP) is 1.81. The topological polar surface area (TPSA) is 81.7 Å². The molecule has 0 aromatic heterocycles. The minimum absolute atomic E-state index is 0.0727. The first-order valence-corrected chi connectivity index (χ1v) is 6.80. The zero-order chi connectivity index (χ0) is 15.3. The summed E-state index contributed by atoms with van der Waals surface area (Å²) in [5, 5.41) is 2.76. The fourth-order valence-electron chi connectivity index (χ4n) is 2.24. The number of Topliss-reactive ketones (excluding diaryl/α,β-unsaturated/α-hetero) is 1. The van der Waals surface area contributed by atoms with Gasteiger partial charge in [-0.05, 0) is 40.0 Å². The largest absolute Gasteiger partial charge is 0.469 e. The maximum atomic E-state index is 11.8. The van der Waals surface area contributed by atoms with Crippen molar-refractivity contribution in [2.24, 2.45) is 5.92 Å². The molecule has 0 aliphatic heterocycles. The van der Waals surface area contributed by atoms with E-state index in [1.165, 1.54) is 7.11 Å². The molecule has 0 aromatic carbocycles. The molecule has 0 heterocycles. The van der Waals surface area contributed by atoms with Gasteiger partial charge in [-0.2, -0.15) is 0 Å². The molecule has 2 atom stereocenters. The van der Waals surface area contributed by atoms with Gasteiger partial charge in [0.05, 0.1) is 7.11 Å². The quantitative estimate of drug-likeness (QED) is 0.629. The summed E-state index contributed by atoms with van der Waals surface area (Å²) in [7, 11) is 1.26. The van der Waals surface area contributed by atoms with Gasteiger partial charge in [0, 0.05) is 12.0 Å². The summed E-state index contributed by atoms with van der Waals surface area (Å²) < 4.78 is 9.65. The maximum Gasteiger partial charge on any atom is 0.407 e. The Labute approximate surface area is 119 Å². The van der Waals surface area contributed by atoms with Crippen molar-refractivity contribution < 1.29 is 23.9 Å². The Kier molecular flexibility index (Phi) is 5.53. The van der Waals surface area contributed by atoms with E-state index in [0.29, 0.717) is 12.8 Å².